The third kappa shape index (κ3) is 4.18. The maximum absolute atomic E-state index is 9.35. The van der Waals surface area contributed by atoms with Crippen molar-refractivity contribution in [1.82, 2.24) is 15.1 Å². The van der Waals surface area contributed by atoms with Crippen LogP contribution in [0.1, 0.15) is 25.8 Å². The Balaban J connectivity index is 1.93. The number of nitrogens with zero attached hydrogens (tertiary/aromatic N) is 2. The van der Waals surface area contributed by atoms with Crippen LogP contribution < -0.4 is 5.32 Å². The van der Waals surface area contributed by atoms with E-state index >= 15 is 0 Å². The minimum absolute atomic E-state index is 0.148. The highest BCUT2D eigenvalue weighted by Crippen LogP contribution is 2.09. The Morgan fingerprint density at radius 3 is 2.65 bits per heavy atom. The van der Waals surface area contributed by atoms with E-state index < -0.39 is 0 Å². The smallest absolute Gasteiger partial charge is 0.0645 e. The van der Waals surface area contributed by atoms with Gasteiger partial charge in [0, 0.05) is 24.3 Å². The van der Waals surface area contributed by atoms with E-state index in [-0.39, 0.29) is 12.6 Å². The number of nitrogens with one attached hydrogen (secondary N) is 1. The van der Waals surface area contributed by atoms with Gasteiger partial charge in [-0.15, -0.1) is 0 Å². The summed E-state index contributed by atoms with van der Waals surface area (Å²) >= 11 is 0. The third-order valence-corrected chi connectivity index (χ3v) is 3.23. The van der Waals surface area contributed by atoms with E-state index in [9.17, 15) is 5.11 Å². The van der Waals surface area contributed by atoms with Crippen molar-refractivity contribution < 1.29 is 5.11 Å². The van der Waals surface area contributed by atoms with Crippen molar-refractivity contribution in [3.63, 3.8) is 0 Å². The van der Waals surface area contributed by atoms with Gasteiger partial charge in [-0.05, 0) is 24.5 Å². The van der Waals surface area contributed by atoms with E-state index in [4.69, 9.17) is 0 Å². The second-order valence-corrected chi connectivity index (χ2v) is 5.52. The molecule has 4 nitrogen and oxygen atoms in total. The van der Waals surface area contributed by atoms with Crippen molar-refractivity contribution in [2.24, 2.45) is 5.92 Å². The largest absolute Gasteiger partial charge is 0.395 e. The van der Waals surface area contributed by atoms with Gasteiger partial charge in [-0.25, -0.2) is 4.68 Å². The molecule has 0 aliphatic carbocycles. The molecule has 0 aliphatic rings. The molecule has 1 aromatic heterocycles. The maximum Gasteiger partial charge on any atom is 0.0645 e. The summed E-state index contributed by atoms with van der Waals surface area (Å²) < 4.78 is 1.87. The van der Waals surface area contributed by atoms with Gasteiger partial charge in [-0.1, -0.05) is 32.0 Å². The Kier molecular flexibility index (Phi) is 5.32. The molecule has 0 saturated carbocycles. The maximum atomic E-state index is 9.35. The number of rotatable bonds is 7. The molecule has 1 unspecified atom stereocenters. The Labute approximate surface area is 120 Å². The van der Waals surface area contributed by atoms with E-state index in [0.717, 1.165) is 24.2 Å². The summed E-state index contributed by atoms with van der Waals surface area (Å²) in [4.78, 5) is 0. The first-order valence-electron chi connectivity index (χ1n) is 7.12. The van der Waals surface area contributed by atoms with Gasteiger partial charge in [0.25, 0.3) is 0 Å². The van der Waals surface area contributed by atoms with Gasteiger partial charge >= 0.3 is 0 Å². The molecular weight excluding hydrogens is 250 g/mol. The van der Waals surface area contributed by atoms with Crippen molar-refractivity contribution in [3.8, 4) is 5.69 Å². The molecule has 2 aromatic rings. The first kappa shape index (κ1) is 14.8. The molecule has 108 valence electrons. The topological polar surface area (TPSA) is 50.1 Å². The van der Waals surface area contributed by atoms with Crippen LogP contribution in [0.4, 0.5) is 0 Å². The zero-order chi connectivity index (χ0) is 14.4. The highest BCUT2D eigenvalue weighted by Gasteiger charge is 2.09. The number of hydrogen-bond acceptors (Lipinski definition) is 3. The van der Waals surface area contributed by atoms with Crippen molar-refractivity contribution in [1.29, 1.82) is 0 Å². The second-order valence-electron chi connectivity index (χ2n) is 5.52. The number of aliphatic hydroxyl groups excluding tert-OH is 1. The molecule has 0 saturated heterocycles. The first-order chi connectivity index (χ1) is 9.69. The molecule has 0 bridgehead atoms. The number of hydrogen-bond donors (Lipinski definition) is 2. The van der Waals surface area contributed by atoms with Crippen LogP contribution in [-0.2, 0) is 6.54 Å². The first-order valence-corrected chi connectivity index (χ1v) is 7.12. The molecular formula is C16H23N3O. The van der Waals surface area contributed by atoms with Gasteiger partial charge < -0.3 is 10.4 Å². The Hall–Kier alpha value is -1.65. The minimum Gasteiger partial charge on any atom is -0.395 e. The average Bonchev–Trinajstić information content (AvgIpc) is 2.93. The molecule has 1 aromatic carbocycles. The van der Waals surface area contributed by atoms with E-state index in [0.29, 0.717) is 5.92 Å². The highest BCUT2D eigenvalue weighted by molar-refractivity contribution is 5.30. The van der Waals surface area contributed by atoms with Crippen LogP contribution in [0.2, 0.25) is 0 Å². The quantitative estimate of drug-likeness (QED) is 0.814. The second kappa shape index (κ2) is 7.22. The molecule has 2 rings (SSSR count). The summed E-state index contributed by atoms with van der Waals surface area (Å²) in [7, 11) is 0. The summed E-state index contributed by atoms with van der Waals surface area (Å²) in [5.74, 6) is 0.576. The number of benzene rings is 1. The van der Waals surface area contributed by atoms with Gasteiger partial charge in [0.1, 0.15) is 0 Å². The lowest BCUT2D eigenvalue weighted by molar-refractivity contribution is 0.223. The summed E-state index contributed by atoms with van der Waals surface area (Å²) in [6, 6.07) is 10.2. The summed E-state index contributed by atoms with van der Waals surface area (Å²) in [5, 5.41) is 17.1. The highest BCUT2D eigenvalue weighted by atomic mass is 16.3. The lowest BCUT2D eigenvalue weighted by Gasteiger charge is -2.17. The van der Waals surface area contributed by atoms with Crippen LogP contribution in [-0.4, -0.2) is 27.5 Å². The van der Waals surface area contributed by atoms with E-state index in [1.54, 1.807) is 0 Å². The normalized spacial score (nSPS) is 12.8. The van der Waals surface area contributed by atoms with Crippen LogP contribution in [0.15, 0.2) is 42.7 Å². The van der Waals surface area contributed by atoms with Gasteiger partial charge in [-0.3, -0.25) is 0 Å². The molecule has 2 N–H and O–H groups in total. The van der Waals surface area contributed by atoms with Gasteiger partial charge in [0.2, 0.25) is 0 Å². The zero-order valence-electron chi connectivity index (χ0n) is 12.2. The predicted octanol–water partition coefficient (Wildman–Crippen LogP) is 2.37. The van der Waals surface area contributed by atoms with Crippen molar-refractivity contribution in [2.75, 3.05) is 6.61 Å². The number of para-hydroxylation sites is 1. The van der Waals surface area contributed by atoms with Crippen molar-refractivity contribution in [3.05, 3.63) is 48.3 Å². The van der Waals surface area contributed by atoms with Crippen molar-refractivity contribution >= 4 is 0 Å². The average molecular weight is 273 g/mol. The molecule has 20 heavy (non-hydrogen) atoms. The third-order valence-electron chi connectivity index (χ3n) is 3.23. The lowest BCUT2D eigenvalue weighted by atomic mass is 10.0. The SMILES string of the molecule is CC(C)CC(CO)NCc1cnn(-c2ccccc2)c1. The number of aromatic nitrogens is 2. The lowest BCUT2D eigenvalue weighted by Crippen LogP contribution is -2.33. The fourth-order valence-corrected chi connectivity index (χ4v) is 2.23. The fourth-order valence-electron chi connectivity index (χ4n) is 2.23. The number of aliphatic hydroxyl groups is 1. The molecule has 0 amide bonds. The van der Waals surface area contributed by atoms with Crippen LogP contribution in [0.25, 0.3) is 5.69 Å². The molecule has 0 radical (unpaired) electrons. The van der Waals surface area contributed by atoms with Crippen LogP contribution >= 0.6 is 0 Å². The van der Waals surface area contributed by atoms with E-state index in [2.05, 4.69) is 24.3 Å². The Morgan fingerprint density at radius 1 is 1.25 bits per heavy atom. The Morgan fingerprint density at radius 2 is 2.00 bits per heavy atom. The predicted molar refractivity (Wildman–Crippen MR) is 80.7 cm³/mol. The zero-order valence-corrected chi connectivity index (χ0v) is 12.2. The summed E-state index contributed by atoms with van der Waals surface area (Å²) in [6.45, 7) is 5.23. The molecule has 0 fully saturated rings. The molecule has 4 heteroatoms. The minimum atomic E-state index is 0.148. The molecule has 1 heterocycles. The fraction of sp³-hybridized carbons (Fsp3) is 0.438. The molecule has 0 spiro atoms. The monoisotopic (exact) mass is 273 g/mol. The van der Waals surface area contributed by atoms with E-state index in [1.807, 2.05) is 47.4 Å². The summed E-state index contributed by atoms with van der Waals surface area (Å²) in [6.07, 6.45) is 4.86. The van der Waals surface area contributed by atoms with Crippen LogP contribution in [0, 0.1) is 5.92 Å². The van der Waals surface area contributed by atoms with E-state index in [1.165, 1.54) is 0 Å². The van der Waals surface area contributed by atoms with Gasteiger partial charge in [0.15, 0.2) is 0 Å². The van der Waals surface area contributed by atoms with Gasteiger partial charge in [-0.2, -0.15) is 5.10 Å². The molecule has 1 atom stereocenters. The standard InChI is InChI=1S/C16H23N3O/c1-13(2)8-15(12-20)17-9-14-10-18-19(11-14)16-6-4-3-5-7-16/h3-7,10-11,13,15,17,20H,8-9,12H2,1-2H3. The van der Waals surface area contributed by atoms with Crippen LogP contribution in [0.5, 0.6) is 0 Å². The molecule has 0 aliphatic heterocycles. The Bertz CT molecular complexity index is 507. The summed E-state index contributed by atoms with van der Waals surface area (Å²) in [5.41, 5.74) is 2.18. The van der Waals surface area contributed by atoms with Crippen molar-refractivity contribution in [2.45, 2.75) is 32.9 Å². The van der Waals surface area contributed by atoms with Crippen LogP contribution in [0.3, 0.4) is 0 Å². The van der Waals surface area contributed by atoms with Gasteiger partial charge in [0.05, 0.1) is 18.5 Å².